The Bertz CT molecular complexity index is 1140. The van der Waals surface area contributed by atoms with Crippen molar-refractivity contribution in [3.05, 3.63) is 76.3 Å². The predicted molar refractivity (Wildman–Crippen MR) is 124 cm³/mol. The maximum Gasteiger partial charge on any atom is 0.255 e. The maximum atomic E-state index is 13.5. The van der Waals surface area contributed by atoms with Crippen molar-refractivity contribution in [2.75, 3.05) is 12.4 Å². The second kappa shape index (κ2) is 8.26. The third-order valence-corrected chi connectivity index (χ3v) is 6.09. The number of pyridine rings is 1. The summed E-state index contributed by atoms with van der Waals surface area (Å²) in [6.07, 6.45) is 2.89. The summed E-state index contributed by atoms with van der Waals surface area (Å²) in [4.78, 5) is 31.2. The summed E-state index contributed by atoms with van der Waals surface area (Å²) in [6.45, 7) is 8.02. The number of hydrogen-bond acceptors (Lipinski definition) is 5. The Balaban J connectivity index is 1.83. The molecule has 32 heavy (non-hydrogen) atoms. The van der Waals surface area contributed by atoms with Crippen molar-refractivity contribution < 1.29 is 14.3 Å². The van der Waals surface area contributed by atoms with E-state index in [2.05, 4.69) is 29.5 Å². The number of aryl methyl sites for hydroxylation is 1. The Morgan fingerprint density at radius 3 is 2.59 bits per heavy atom. The number of aromatic nitrogens is 1. The molecule has 1 aliphatic carbocycles. The van der Waals surface area contributed by atoms with Gasteiger partial charge >= 0.3 is 0 Å². The lowest BCUT2D eigenvalue weighted by Crippen LogP contribution is -2.39. The van der Waals surface area contributed by atoms with Crippen LogP contribution in [0.2, 0.25) is 0 Å². The van der Waals surface area contributed by atoms with Crippen LogP contribution in [0.25, 0.3) is 0 Å². The molecule has 6 nitrogen and oxygen atoms in total. The number of allylic oxidation sites excluding steroid dienone is 3. The summed E-state index contributed by atoms with van der Waals surface area (Å²) < 4.78 is 5.63. The highest BCUT2D eigenvalue weighted by Gasteiger charge is 2.43. The van der Waals surface area contributed by atoms with Gasteiger partial charge in [0.1, 0.15) is 11.6 Å². The Kier molecular flexibility index (Phi) is 5.63. The number of methoxy groups -OCH3 is 1. The summed E-state index contributed by atoms with van der Waals surface area (Å²) in [5, 5.41) is 6.29. The van der Waals surface area contributed by atoms with Crippen LogP contribution in [0.5, 0.6) is 5.75 Å². The highest BCUT2D eigenvalue weighted by atomic mass is 16.5. The minimum atomic E-state index is -0.517. The lowest BCUT2D eigenvalue weighted by atomic mass is 9.68. The molecule has 0 saturated carbocycles. The predicted octanol–water partition coefficient (Wildman–Crippen LogP) is 4.64. The summed E-state index contributed by atoms with van der Waals surface area (Å²) in [7, 11) is 1.60. The monoisotopic (exact) mass is 431 g/mol. The van der Waals surface area contributed by atoms with Gasteiger partial charge in [-0.3, -0.25) is 9.59 Å². The molecule has 2 N–H and O–H groups in total. The zero-order valence-corrected chi connectivity index (χ0v) is 19.2. The van der Waals surface area contributed by atoms with Gasteiger partial charge < -0.3 is 15.4 Å². The van der Waals surface area contributed by atoms with Crippen LogP contribution in [-0.4, -0.2) is 23.8 Å². The van der Waals surface area contributed by atoms with Gasteiger partial charge in [-0.15, -0.1) is 0 Å². The van der Waals surface area contributed by atoms with Crippen LogP contribution in [0.4, 0.5) is 5.82 Å². The molecule has 2 heterocycles. The van der Waals surface area contributed by atoms with Gasteiger partial charge in [0.05, 0.1) is 13.0 Å². The second-order valence-corrected chi connectivity index (χ2v) is 9.35. The van der Waals surface area contributed by atoms with E-state index >= 15 is 0 Å². The molecule has 1 aromatic heterocycles. The molecule has 1 unspecified atom stereocenters. The van der Waals surface area contributed by atoms with E-state index < -0.39 is 5.92 Å². The van der Waals surface area contributed by atoms with Crippen LogP contribution in [0.1, 0.15) is 50.7 Å². The standard InChI is InChI=1S/C26H29N3O3/c1-15-10-11-21(27-14-15)29-25(31)22-16(2)28-18-12-26(3,4)13-19(30)24(18)23(22)17-8-6-7-9-20(17)32-5/h6-11,14,23,28H,12-13H2,1-5H3,(H,27,29,31). The number of rotatable bonds is 4. The van der Waals surface area contributed by atoms with Crippen LogP contribution in [0.15, 0.2) is 65.1 Å². The summed E-state index contributed by atoms with van der Waals surface area (Å²) in [5.41, 5.74) is 4.46. The molecule has 2 aliphatic rings. The SMILES string of the molecule is COc1ccccc1C1C(C(=O)Nc2ccc(C)cn2)=C(C)NC2=C1C(=O)CC(C)(C)C2. The molecule has 1 aromatic carbocycles. The maximum absolute atomic E-state index is 13.5. The number of amides is 1. The molecular weight excluding hydrogens is 402 g/mol. The Labute approximate surface area is 188 Å². The van der Waals surface area contributed by atoms with Crippen molar-refractivity contribution >= 4 is 17.5 Å². The van der Waals surface area contributed by atoms with E-state index in [4.69, 9.17) is 4.74 Å². The zero-order chi connectivity index (χ0) is 23.0. The van der Waals surface area contributed by atoms with Crippen LogP contribution in [-0.2, 0) is 9.59 Å². The summed E-state index contributed by atoms with van der Waals surface area (Å²) in [6, 6.07) is 11.3. The Morgan fingerprint density at radius 2 is 1.91 bits per heavy atom. The van der Waals surface area contributed by atoms with E-state index in [0.717, 1.165) is 28.9 Å². The number of para-hydroxylation sites is 1. The molecule has 1 atom stereocenters. The van der Waals surface area contributed by atoms with E-state index in [1.54, 1.807) is 19.4 Å². The van der Waals surface area contributed by atoms with E-state index in [-0.39, 0.29) is 17.1 Å². The number of carbonyl (C=O) groups excluding carboxylic acids is 2. The quantitative estimate of drug-likeness (QED) is 0.737. The second-order valence-electron chi connectivity index (χ2n) is 9.35. The molecule has 1 amide bonds. The first-order valence-electron chi connectivity index (χ1n) is 10.8. The van der Waals surface area contributed by atoms with Crippen molar-refractivity contribution in [1.29, 1.82) is 0 Å². The van der Waals surface area contributed by atoms with Crippen LogP contribution in [0, 0.1) is 12.3 Å². The molecule has 4 rings (SSSR count). The smallest absolute Gasteiger partial charge is 0.255 e. The molecule has 0 saturated heterocycles. The van der Waals surface area contributed by atoms with Crippen LogP contribution >= 0.6 is 0 Å². The van der Waals surface area contributed by atoms with Gasteiger partial charge in [-0.2, -0.15) is 0 Å². The van der Waals surface area contributed by atoms with Crippen molar-refractivity contribution in [2.45, 2.75) is 46.5 Å². The average Bonchev–Trinajstić information content (AvgIpc) is 2.73. The minimum Gasteiger partial charge on any atom is -0.496 e. The van der Waals surface area contributed by atoms with Gasteiger partial charge in [0, 0.05) is 40.7 Å². The molecule has 0 radical (unpaired) electrons. The Morgan fingerprint density at radius 1 is 1.16 bits per heavy atom. The van der Waals surface area contributed by atoms with Gasteiger partial charge in [-0.1, -0.05) is 38.1 Å². The fourth-order valence-corrected chi connectivity index (χ4v) is 4.68. The molecule has 166 valence electrons. The number of hydrogen-bond donors (Lipinski definition) is 2. The van der Waals surface area contributed by atoms with Crippen LogP contribution < -0.4 is 15.4 Å². The first-order chi connectivity index (χ1) is 15.2. The Hall–Kier alpha value is -3.41. The molecule has 6 heteroatoms. The number of anilines is 1. The van der Waals surface area contributed by atoms with E-state index in [1.807, 2.05) is 44.2 Å². The number of dihydropyridines is 1. The van der Waals surface area contributed by atoms with Crippen molar-refractivity contribution in [3.8, 4) is 5.75 Å². The van der Waals surface area contributed by atoms with Gasteiger partial charge in [-0.25, -0.2) is 4.98 Å². The third-order valence-electron chi connectivity index (χ3n) is 6.09. The fraction of sp³-hybridized carbons (Fsp3) is 0.346. The molecular formula is C26H29N3O3. The summed E-state index contributed by atoms with van der Waals surface area (Å²) in [5.74, 6) is 0.375. The van der Waals surface area contributed by atoms with E-state index in [0.29, 0.717) is 29.1 Å². The van der Waals surface area contributed by atoms with E-state index in [1.165, 1.54) is 0 Å². The minimum absolute atomic E-state index is 0.0610. The van der Waals surface area contributed by atoms with Crippen molar-refractivity contribution in [2.24, 2.45) is 5.41 Å². The van der Waals surface area contributed by atoms with Gasteiger partial charge in [-0.05, 0) is 43.4 Å². The third kappa shape index (κ3) is 4.05. The highest BCUT2D eigenvalue weighted by molar-refractivity contribution is 6.09. The van der Waals surface area contributed by atoms with E-state index in [9.17, 15) is 9.59 Å². The van der Waals surface area contributed by atoms with Crippen molar-refractivity contribution in [1.82, 2.24) is 10.3 Å². The largest absolute Gasteiger partial charge is 0.496 e. The topological polar surface area (TPSA) is 80.3 Å². The normalized spacial score (nSPS) is 19.9. The number of ether oxygens (including phenoxy) is 1. The molecule has 1 aliphatic heterocycles. The van der Waals surface area contributed by atoms with Crippen molar-refractivity contribution in [3.63, 3.8) is 0 Å². The lowest BCUT2D eigenvalue weighted by Gasteiger charge is -2.39. The zero-order valence-electron chi connectivity index (χ0n) is 19.2. The number of carbonyl (C=O) groups is 2. The molecule has 2 aromatic rings. The fourth-order valence-electron chi connectivity index (χ4n) is 4.68. The number of ketones is 1. The molecule has 0 fully saturated rings. The van der Waals surface area contributed by atoms with Gasteiger partial charge in [0.25, 0.3) is 5.91 Å². The van der Waals surface area contributed by atoms with Gasteiger partial charge in [0.15, 0.2) is 5.78 Å². The highest BCUT2D eigenvalue weighted by Crippen LogP contribution is 2.48. The number of Topliss-reactive ketones (excluding diaryl/α,β-unsaturated/α-hetero) is 1. The molecule has 0 bridgehead atoms. The first-order valence-corrected chi connectivity index (χ1v) is 10.8. The average molecular weight is 432 g/mol. The first kappa shape index (κ1) is 21.8. The van der Waals surface area contributed by atoms with Crippen LogP contribution in [0.3, 0.4) is 0 Å². The molecule has 0 spiro atoms. The van der Waals surface area contributed by atoms with Gasteiger partial charge in [0.2, 0.25) is 0 Å². The number of benzene rings is 1. The number of nitrogens with zero attached hydrogens (tertiary/aromatic N) is 1. The number of nitrogens with one attached hydrogen (secondary N) is 2. The summed E-state index contributed by atoms with van der Waals surface area (Å²) >= 11 is 0. The lowest BCUT2D eigenvalue weighted by molar-refractivity contribution is -0.118.